The second kappa shape index (κ2) is 7.43. The van der Waals surface area contributed by atoms with Crippen molar-refractivity contribution in [3.8, 4) is 0 Å². The minimum absolute atomic E-state index is 0.0884. The Hall–Kier alpha value is -2.01. The van der Waals surface area contributed by atoms with Crippen molar-refractivity contribution < 1.29 is 14.7 Å². The second-order valence-electron chi connectivity index (χ2n) is 3.92. The van der Waals surface area contributed by atoms with Gasteiger partial charge in [-0.3, -0.25) is 0 Å². The van der Waals surface area contributed by atoms with Crippen LogP contribution in [0.4, 0.5) is 4.79 Å². The molecule has 0 aliphatic rings. The van der Waals surface area contributed by atoms with Crippen LogP contribution in [0.25, 0.3) is 0 Å². The van der Waals surface area contributed by atoms with Crippen LogP contribution in [-0.4, -0.2) is 29.7 Å². The summed E-state index contributed by atoms with van der Waals surface area (Å²) in [5, 5.41) is 14.1. The van der Waals surface area contributed by atoms with Crippen LogP contribution in [0.3, 0.4) is 0 Å². The third-order valence-electron chi connectivity index (χ3n) is 2.33. The normalized spacial score (nSPS) is 11.4. The average molecular weight is 283 g/mol. The lowest BCUT2D eigenvalue weighted by molar-refractivity contribution is -0.139. The average Bonchev–Trinajstić information content (AvgIpc) is 2.36. The molecule has 0 saturated carbocycles. The smallest absolute Gasteiger partial charge is 0.326 e. The van der Waals surface area contributed by atoms with Crippen molar-refractivity contribution in [2.75, 3.05) is 6.54 Å². The summed E-state index contributed by atoms with van der Waals surface area (Å²) in [5.74, 6) is -1.09. The topological polar surface area (TPSA) is 78.4 Å². The first kappa shape index (κ1) is 15.0. The van der Waals surface area contributed by atoms with E-state index in [9.17, 15) is 9.59 Å². The predicted octanol–water partition coefficient (Wildman–Crippen LogP) is 1.73. The van der Waals surface area contributed by atoms with Crippen LogP contribution in [0.15, 0.2) is 41.9 Å². The number of nitrogens with one attached hydrogen (secondary N) is 2. The Bertz CT molecular complexity index is 462. The molecule has 0 fully saturated rings. The van der Waals surface area contributed by atoms with Crippen molar-refractivity contribution in [3.05, 3.63) is 47.5 Å². The molecule has 2 amide bonds. The predicted molar refractivity (Wildman–Crippen MR) is 73.1 cm³/mol. The van der Waals surface area contributed by atoms with E-state index < -0.39 is 18.0 Å². The van der Waals surface area contributed by atoms with E-state index in [0.717, 1.165) is 5.56 Å². The van der Waals surface area contributed by atoms with Crippen LogP contribution in [-0.2, 0) is 11.2 Å². The van der Waals surface area contributed by atoms with Crippen LogP contribution in [0, 0.1) is 0 Å². The first-order valence-electron chi connectivity index (χ1n) is 5.63. The maximum absolute atomic E-state index is 11.5. The van der Waals surface area contributed by atoms with E-state index in [4.69, 9.17) is 16.7 Å². The van der Waals surface area contributed by atoms with Gasteiger partial charge >= 0.3 is 12.0 Å². The van der Waals surface area contributed by atoms with Crippen LogP contribution < -0.4 is 10.6 Å². The zero-order chi connectivity index (χ0) is 14.3. The molecule has 19 heavy (non-hydrogen) atoms. The van der Waals surface area contributed by atoms with Gasteiger partial charge in [0, 0.05) is 11.5 Å². The van der Waals surface area contributed by atoms with Crippen molar-refractivity contribution in [1.82, 2.24) is 10.6 Å². The Balaban J connectivity index is 2.56. The van der Waals surface area contributed by atoms with Crippen molar-refractivity contribution in [1.29, 1.82) is 0 Å². The van der Waals surface area contributed by atoms with Gasteiger partial charge in [-0.15, -0.1) is 0 Å². The molecule has 0 heterocycles. The Labute approximate surface area is 116 Å². The van der Waals surface area contributed by atoms with E-state index in [-0.39, 0.29) is 18.0 Å². The van der Waals surface area contributed by atoms with Gasteiger partial charge in [0.2, 0.25) is 0 Å². The highest BCUT2D eigenvalue weighted by atomic mass is 35.5. The number of carbonyl (C=O) groups excluding carboxylic acids is 1. The largest absolute Gasteiger partial charge is 0.480 e. The Morgan fingerprint density at radius 2 is 1.95 bits per heavy atom. The fraction of sp³-hybridized carbons (Fsp3) is 0.231. The summed E-state index contributed by atoms with van der Waals surface area (Å²) in [6, 6.07) is 7.48. The van der Waals surface area contributed by atoms with Crippen LogP contribution >= 0.6 is 11.6 Å². The number of rotatable bonds is 6. The molecule has 0 radical (unpaired) electrons. The van der Waals surface area contributed by atoms with E-state index in [1.807, 2.05) is 18.2 Å². The summed E-state index contributed by atoms with van der Waals surface area (Å²) in [6.45, 7) is 3.50. The van der Waals surface area contributed by atoms with Gasteiger partial charge in [-0.05, 0) is 5.56 Å². The maximum atomic E-state index is 11.5. The number of benzene rings is 1. The third-order valence-corrected chi connectivity index (χ3v) is 2.46. The number of carboxylic acid groups (broad SMARTS) is 1. The van der Waals surface area contributed by atoms with Gasteiger partial charge in [0.25, 0.3) is 0 Å². The highest BCUT2D eigenvalue weighted by Gasteiger charge is 2.20. The summed E-state index contributed by atoms with van der Waals surface area (Å²) in [6.07, 6.45) is 0.214. The van der Waals surface area contributed by atoms with Crippen molar-refractivity contribution in [2.24, 2.45) is 0 Å². The van der Waals surface area contributed by atoms with E-state index in [2.05, 4.69) is 17.2 Å². The third kappa shape index (κ3) is 5.92. The molecule has 6 heteroatoms. The molecule has 1 rings (SSSR count). The highest BCUT2D eigenvalue weighted by molar-refractivity contribution is 6.29. The molecule has 0 aliphatic heterocycles. The number of carboxylic acids is 1. The van der Waals surface area contributed by atoms with Gasteiger partial charge in [0.05, 0.1) is 6.54 Å². The van der Waals surface area contributed by atoms with Gasteiger partial charge in [-0.2, -0.15) is 0 Å². The maximum Gasteiger partial charge on any atom is 0.326 e. The fourth-order valence-corrected chi connectivity index (χ4v) is 1.50. The number of amides is 2. The van der Waals surface area contributed by atoms with Crippen LogP contribution in [0.5, 0.6) is 0 Å². The summed E-state index contributed by atoms with van der Waals surface area (Å²) in [5.41, 5.74) is 0.831. The Morgan fingerprint density at radius 3 is 2.47 bits per heavy atom. The Morgan fingerprint density at radius 1 is 1.32 bits per heavy atom. The molecule has 0 spiro atoms. The summed E-state index contributed by atoms with van der Waals surface area (Å²) in [7, 11) is 0. The summed E-state index contributed by atoms with van der Waals surface area (Å²) >= 11 is 5.50. The lowest BCUT2D eigenvalue weighted by Crippen LogP contribution is -2.47. The molecule has 0 aromatic heterocycles. The minimum atomic E-state index is -1.09. The number of urea groups is 1. The zero-order valence-corrected chi connectivity index (χ0v) is 11.0. The molecular formula is C13H15ClN2O3. The van der Waals surface area contributed by atoms with Gasteiger partial charge in [0.1, 0.15) is 6.04 Å². The van der Waals surface area contributed by atoms with Crippen molar-refractivity contribution >= 4 is 23.6 Å². The van der Waals surface area contributed by atoms with Gasteiger partial charge < -0.3 is 15.7 Å². The molecule has 1 unspecified atom stereocenters. The highest BCUT2D eigenvalue weighted by Crippen LogP contribution is 2.03. The molecule has 0 bridgehead atoms. The first-order valence-corrected chi connectivity index (χ1v) is 6.01. The number of halogens is 1. The van der Waals surface area contributed by atoms with Crippen molar-refractivity contribution in [2.45, 2.75) is 12.5 Å². The molecule has 3 N–H and O–H groups in total. The molecule has 1 atom stereocenters. The number of hydrogen-bond donors (Lipinski definition) is 3. The molecule has 102 valence electrons. The summed E-state index contributed by atoms with van der Waals surface area (Å²) < 4.78 is 0. The van der Waals surface area contributed by atoms with E-state index in [0.29, 0.717) is 0 Å². The van der Waals surface area contributed by atoms with Crippen LogP contribution in [0.1, 0.15) is 5.56 Å². The summed E-state index contributed by atoms with van der Waals surface area (Å²) in [4.78, 5) is 22.6. The van der Waals surface area contributed by atoms with E-state index >= 15 is 0 Å². The number of hydrogen-bond acceptors (Lipinski definition) is 2. The molecule has 0 saturated heterocycles. The monoisotopic (exact) mass is 282 g/mol. The van der Waals surface area contributed by atoms with E-state index in [1.54, 1.807) is 12.1 Å². The quantitative estimate of drug-likeness (QED) is 0.743. The molecule has 0 aliphatic carbocycles. The van der Waals surface area contributed by atoms with Crippen LogP contribution in [0.2, 0.25) is 0 Å². The molecular weight excluding hydrogens is 268 g/mol. The van der Waals surface area contributed by atoms with Gasteiger partial charge in [0.15, 0.2) is 0 Å². The fourth-order valence-electron chi connectivity index (χ4n) is 1.44. The number of carbonyl (C=O) groups is 2. The lowest BCUT2D eigenvalue weighted by atomic mass is 10.1. The SMILES string of the molecule is C=C(Cl)CNC(=O)NC(Cc1ccccc1)C(=O)O. The van der Waals surface area contributed by atoms with E-state index in [1.165, 1.54) is 0 Å². The standard InChI is InChI=1S/C13H15ClN2O3/c1-9(14)8-15-13(19)16-11(12(17)18)7-10-5-3-2-4-6-10/h2-6,11H,1,7-8H2,(H,17,18)(H2,15,16,19). The molecule has 1 aromatic rings. The lowest BCUT2D eigenvalue weighted by Gasteiger charge is -2.15. The Kier molecular flexibility index (Phi) is 5.89. The zero-order valence-electron chi connectivity index (χ0n) is 10.2. The van der Waals surface area contributed by atoms with Gasteiger partial charge in [-0.25, -0.2) is 9.59 Å². The van der Waals surface area contributed by atoms with Gasteiger partial charge in [-0.1, -0.05) is 48.5 Å². The minimum Gasteiger partial charge on any atom is -0.480 e. The first-order chi connectivity index (χ1) is 8.99. The molecule has 5 nitrogen and oxygen atoms in total. The molecule has 1 aromatic carbocycles. The second-order valence-corrected chi connectivity index (χ2v) is 4.46. The number of aliphatic carboxylic acids is 1. The van der Waals surface area contributed by atoms with Crippen molar-refractivity contribution in [3.63, 3.8) is 0 Å².